The van der Waals surface area contributed by atoms with Crippen molar-refractivity contribution in [3.05, 3.63) is 70.8 Å². The van der Waals surface area contributed by atoms with E-state index in [-0.39, 0.29) is 29.6 Å². The summed E-state index contributed by atoms with van der Waals surface area (Å²) in [5.41, 5.74) is 7.57. The second-order valence-corrected chi connectivity index (χ2v) is 32.0. The molecule has 83 heavy (non-hydrogen) atoms. The number of nitrogens with one attached hydrogen (secondary N) is 3. The van der Waals surface area contributed by atoms with Crippen molar-refractivity contribution in [2.24, 2.45) is 91.7 Å². The maximum absolute atomic E-state index is 12.6. The van der Waals surface area contributed by atoms with Gasteiger partial charge in [0.25, 0.3) is 0 Å². The molecule has 10 fully saturated rings. The minimum Gasteiger partial charge on any atom is -0.342 e. The molecule has 458 valence electrons. The number of hydrogen-bond acceptors (Lipinski definition) is 7. The van der Waals surface area contributed by atoms with Crippen molar-refractivity contribution >= 4 is 23.3 Å². The summed E-state index contributed by atoms with van der Waals surface area (Å²) in [7, 11) is 0. The Morgan fingerprint density at radius 1 is 0.494 bits per heavy atom. The van der Waals surface area contributed by atoms with E-state index in [2.05, 4.69) is 120 Å². The van der Waals surface area contributed by atoms with E-state index in [1.807, 2.05) is 4.90 Å². The molecule has 1 heterocycles. The summed E-state index contributed by atoms with van der Waals surface area (Å²) in [6.07, 6.45) is 38.0. The Morgan fingerprint density at radius 3 is 1.25 bits per heavy atom. The smallest absolute Gasteiger partial charge is 0.236 e. The average molecular weight is 1140 g/mol. The predicted octanol–water partition coefficient (Wildman–Crippen LogP) is 15.5. The molecule has 1 aromatic rings. The summed E-state index contributed by atoms with van der Waals surface area (Å²) in [6, 6.07) is 12.5. The Bertz CT molecular complexity index is 2650. The van der Waals surface area contributed by atoms with Crippen LogP contribution in [0.3, 0.4) is 0 Å². The minimum atomic E-state index is -0.0302. The maximum Gasteiger partial charge on any atom is 0.236 e. The van der Waals surface area contributed by atoms with Gasteiger partial charge >= 0.3 is 0 Å². The number of carbonyl (C=O) groups excluding carboxylic acids is 4. The standard InChI is InChI=1S/C26H35NO.C25H38N2O2.C23H37NO.CH4/c1-25-14-12-20(27-17-18-6-4-3-5-7-18)16-19(25)8-9-21-22-10-11-24(28)26(22,2)15-13-23(21)25;1-24-11-9-18(26-16-23(29)27-13-3-4-14-27)15-17(24)5-6-19-20-7-8-22(28)25(20,2)12-10-21(19)24;1-15(2)14-24-17-9-11-22(3)16(13-17)5-6-18-19-7-8-21(25)23(19,4)12-10-20(18)22;/h3-8,20-23,27H,9-17H2,1-2H3;5,18-21,26H,3-4,6-16H2,1-2H3;5,15,17-20,24H,6-14H2,1-4H3;1H4. The van der Waals surface area contributed by atoms with E-state index >= 15 is 0 Å². The fourth-order valence-electron chi connectivity index (χ4n) is 22.4. The molecule has 14 rings (SSSR count). The van der Waals surface area contributed by atoms with Crippen LogP contribution < -0.4 is 16.0 Å². The van der Waals surface area contributed by atoms with Gasteiger partial charge in [0.1, 0.15) is 17.3 Å². The van der Waals surface area contributed by atoms with E-state index in [0.29, 0.717) is 81.9 Å². The van der Waals surface area contributed by atoms with Crippen LogP contribution in [0.1, 0.15) is 235 Å². The summed E-state index contributed by atoms with van der Waals surface area (Å²) in [5.74, 6) is 9.16. The molecule has 18 unspecified atom stereocenters. The number of fused-ring (bicyclic) bond motifs is 15. The van der Waals surface area contributed by atoms with Crippen LogP contribution >= 0.6 is 0 Å². The lowest BCUT2D eigenvalue weighted by atomic mass is 9.48. The second kappa shape index (κ2) is 24.1. The van der Waals surface area contributed by atoms with Gasteiger partial charge < -0.3 is 20.9 Å². The molecule has 8 nitrogen and oxygen atoms in total. The molecule has 0 aromatic heterocycles. The molecule has 0 spiro atoms. The van der Waals surface area contributed by atoms with Crippen molar-refractivity contribution in [2.75, 3.05) is 26.2 Å². The van der Waals surface area contributed by atoms with Gasteiger partial charge in [-0.2, -0.15) is 0 Å². The molecular weight excluding hydrogens is 1020 g/mol. The molecule has 0 radical (unpaired) electrons. The zero-order valence-corrected chi connectivity index (χ0v) is 52.6. The van der Waals surface area contributed by atoms with Crippen molar-refractivity contribution in [2.45, 2.75) is 254 Å². The molecule has 1 aromatic carbocycles. The monoisotopic (exact) mass is 1130 g/mol. The number of rotatable bonds is 9. The van der Waals surface area contributed by atoms with Gasteiger partial charge in [-0.05, 0) is 235 Å². The number of Topliss-reactive ketones (excluding diaryl/α,β-unsaturated/α-hetero) is 3. The number of hydrogen-bond donors (Lipinski definition) is 3. The molecule has 13 aliphatic rings. The zero-order chi connectivity index (χ0) is 57.4. The van der Waals surface area contributed by atoms with Crippen LogP contribution in [-0.2, 0) is 25.7 Å². The highest BCUT2D eigenvalue weighted by atomic mass is 16.2. The minimum absolute atomic E-state index is 0. The Morgan fingerprint density at radius 2 is 0.855 bits per heavy atom. The highest BCUT2D eigenvalue weighted by Crippen LogP contribution is 2.67. The fourth-order valence-corrected chi connectivity index (χ4v) is 22.4. The van der Waals surface area contributed by atoms with Gasteiger partial charge in [0.2, 0.25) is 5.91 Å². The van der Waals surface area contributed by atoms with Crippen LogP contribution in [0.2, 0.25) is 0 Å². The highest BCUT2D eigenvalue weighted by molar-refractivity contribution is 5.88. The van der Waals surface area contributed by atoms with Gasteiger partial charge in [-0.25, -0.2) is 0 Å². The molecule has 1 amide bonds. The number of ketones is 3. The van der Waals surface area contributed by atoms with E-state index in [1.54, 1.807) is 16.7 Å². The average Bonchev–Trinajstić information content (AvgIpc) is 4.42. The second-order valence-electron chi connectivity index (χ2n) is 32.0. The van der Waals surface area contributed by atoms with Crippen molar-refractivity contribution in [1.29, 1.82) is 0 Å². The first-order chi connectivity index (χ1) is 39.3. The van der Waals surface area contributed by atoms with Crippen molar-refractivity contribution < 1.29 is 19.2 Å². The molecule has 0 bridgehead atoms. The molecule has 3 N–H and O–H groups in total. The summed E-state index contributed by atoms with van der Waals surface area (Å²) in [6.45, 7) is 23.6. The summed E-state index contributed by atoms with van der Waals surface area (Å²) >= 11 is 0. The topological polar surface area (TPSA) is 108 Å². The first-order valence-corrected chi connectivity index (χ1v) is 34.5. The third-order valence-electron chi connectivity index (χ3n) is 27.7. The number of likely N-dealkylation sites (tertiary alicyclic amines) is 1. The molecule has 18 atom stereocenters. The van der Waals surface area contributed by atoms with E-state index in [1.165, 1.54) is 95.5 Å². The van der Waals surface area contributed by atoms with E-state index in [4.69, 9.17) is 0 Å². The largest absolute Gasteiger partial charge is 0.342 e. The van der Waals surface area contributed by atoms with Gasteiger partial charge in [0.15, 0.2) is 0 Å². The van der Waals surface area contributed by atoms with E-state index < -0.39 is 0 Å². The normalized spacial score (nSPS) is 43.7. The predicted molar refractivity (Wildman–Crippen MR) is 338 cm³/mol. The number of carbonyl (C=O) groups is 4. The zero-order valence-electron chi connectivity index (χ0n) is 52.6. The fraction of sp³-hybridized carbons (Fsp3) is 0.787. The number of benzene rings is 1. The van der Waals surface area contributed by atoms with Gasteiger partial charge in [-0.15, -0.1) is 0 Å². The summed E-state index contributed by atoms with van der Waals surface area (Å²) in [5, 5.41) is 11.2. The van der Waals surface area contributed by atoms with Gasteiger partial charge in [-0.1, -0.05) is 128 Å². The molecule has 1 aliphatic heterocycles. The number of nitrogens with zero attached hydrogens (tertiary/aromatic N) is 1. The Balaban J connectivity index is 0.000000130. The SMILES string of the molecule is C.CC(C)CNC1CCC2(C)C(=CCC3C4CCC(=O)C4(C)CCC32)C1.CC12CCC3C(CC=C4CC(NCC(=O)N5CCCC5)CCC43C)C1CCC2=O.CC12CCC3C(CC=C4CC(NCc5ccccc5)CCC43C)C1CCC2=O. The lowest BCUT2D eigenvalue weighted by Gasteiger charge is -2.57. The van der Waals surface area contributed by atoms with Gasteiger partial charge in [0, 0.05) is 73.3 Å². The quantitative estimate of drug-likeness (QED) is 0.211. The lowest BCUT2D eigenvalue weighted by Crippen LogP contribution is -2.52. The van der Waals surface area contributed by atoms with Gasteiger partial charge in [-0.3, -0.25) is 19.2 Å². The van der Waals surface area contributed by atoms with Crippen LogP contribution in [0.25, 0.3) is 0 Å². The van der Waals surface area contributed by atoms with Crippen LogP contribution in [0.4, 0.5) is 0 Å². The number of allylic oxidation sites excluding steroid dienone is 3. The maximum atomic E-state index is 12.6. The third-order valence-corrected chi connectivity index (χ3v) is 27.7. The Hall–Kier alpha value is -3.20. The summed E-state index contributed by atoms with van der Waals surface area (Å²) in [4.78, 5) is 52.1. The first-order valence-electron chi connectivity index (χ1n) is 34.5. The van der Waals surface area contributed by atoms with Crippen LogP contribution in [-0.4, -0.2) is 72.5 Å². The summed E-state index contributed by atoms with van der Waals surface area (Å²) < 4.78 is 0. The lowest BCUT2D eigenvalue weighted by molar-refractivity contribution is -0.132. The molecule has 12 aliphatic carbocycles. The molecular formula is C75H114N4O4. The van der Waals surface area contributed by atoms with Gasteiger partial charge in [0.05, 0.1) is 6.54 Å². The van der Waals surface area contributed by atoms with Crippen molar-refractivity contribution in [3.63, 3.8) is 0 Å². The van der Waals surface area contributed by atoms with E-state index in [9.17, 15) is 19.2 Å². The van der Waals surface area contributed by atoms with Crippen LogP contribution in [0.5, 0.6) is 0 Å². The first kappa shape index (κ1) is 61.4. The molecule has 8 heteroatoms. The number of amides is 1. The Labute approximate surface area is 504 Å². The Kier molecular flexibility index (Phi) is 17.8. The van der Waals surface area contributed by atoms with Crippen LogP contribution in [0, 0.1) is 91.7 Å². The van der Waals surface area contributed by atoms with E-state index in [0.717, 1.165) is 139 Å². The van der Waals surface area contributed by atoms with Crippen molar-refractivity contribution in [3.8, 4) is 0 Å². The molecule has 1 saturated heterocycles. The van der Waals surface area contributed by atoms with Crippen molar-refractivity contribution in [1.82, 2.24) is 20.9 Å². The molecule has 9 saturated carbocycles. The van der Waals surface area contributed by atoms with Crippen LogP contribution in [0.15, 0.2) is 65.3 Å². The highest BCUT2D eigenvalue weighted by Gasteiger charge is 2.62. The third kappa shape index (κ3) is 11.1.